The Morgan fingerprint density at radius 3 is 2.67 bits per heavy atom. The van der Waals surface area contributed by atoms with Gasteiger partial charge in [-0.05, 0) is 55.5 Å². The molecule has 0 radical (unpaired) electrons. The molecule has 1 fully saturated rings. The Bertz CT molecular complexity index is 383. The molecule has 1 aliphatic rings. The van der Waals surface area contributed by atoms with Crippen LogP contribution in [0, 0.1) is 12.8 Å². The summed E-state index contributed by atoms with van der Waals surface area (Å²) in [6.07, 6.45) is 6.87. The monoisotopic (exact) mass is 265 g/mol. The second-order valence-corrected chi connectivity index (χ2v) is 5.87. The number of rotatable bonds is 4. The van der Waals surface area contributed by atoms with E-state index in [-0.39, 0.29) is 0 Å². The Balaban J connectivity index is 2.24. The average molecular weight is 266 g/mol. The van der Waals surface area contributed by atoms with Gasteiger partial charge in [-0.2, -0.15) is 0 Å². The number of hydrogen-bond donors (Lipinski definition) is 1. The van der Waals surface area contributed by atoms with E-state index in [0.717, 1.165) is 17.5 Å². The summed E-state index contributed by atoms with van der Waals surface area (Å²) < 4.78 is 0. The van der Waals surface area contributed by atoms with E-state index in [1.165, 1.54) is 43.2 Å². The molecule has 1 aromatic carbocycles. The molecule has 2 heteroatoms. The molecule has 0 spiro atoms. The molecule has 18 heavy (non-hydrogen) atoms. The van der Waals surface area contributed by atoms with Crippen LogP contribution >= 0.6 is 11.6 Å². The van der Waals surface area contributed by atoms with Crippen molar-refractivity contribution in [2.45, 2.75) is 52.0 Å². The van der Waals surface area contributed by atoms with Crippen molar-refractivity contribution in [3.63, 3.8) is 0 Å². The standard InChI is InChI=1S/C16H24ClN/c1-3-18-16(13-7-5-4-6-8-13)15-11-14(17)10-9-12(15)2/h9-11,13,16,18H,3-8H2,1-2H3. The summed E-state index contributed by atoms with van der Waals surface area (Å²) in [5, 5.41) is 4.53. The van der Waals surface area contributed by atoms with Crippen molar-refractivity contribution in [3.8, 4) is 0 Å². The molecule has 0 saturated heterocycles. The maximum atomic E-state index is 6.17. The highest BCUT2D eigenvalue weighted by molar-refractivity contribution is 6.30. The molecular formula is C16H24ClN. The second-order valence-electron chi connectivity index (χ2n) is 5.43. The maximum Gasteiger partial charge on any atom is 0.0409 e. The third-order valence-electron chi connectivity index (χ3n) is 4.12. The molecule has 1 atom stereocenters. The topological polar surface area (TPSA) is 12.0 Å². The van der Waals surface area contributed by atoms with Crippen LogP contribution in [0.4, 0.5) is 0 Å². The first-order valence-electron chi connectivity index (χ1n) is 7.21. The summed E-state index contributed by atoms with van der Waals surface area (Å²) in [5.74, 6) is 0.774. The number of hydrogen-bond acceptors (Lipinski definition) is 1. The van der Waals surface area contributed by atoms with Crippen molar-refractivity contribution >= 4 is 11.6 Å². The van der Waals surface area contributed by atoms with Crippen molar-refractivity contribution in [2.75, 3.05) is 6.54 Å². The van der Waals surface area contributed by atoms with E-state index in [9.17, 15) is 0 Å². The first kappa shape index (κ1) is 13.9. The quantitative estimate of drug-likeness (QED) is 0.818. The second kappa shape index (κ2) is 6.58. The fraction of sp³-hybridized carbons (Fsp3) is 0.625. The largest absolute Gasteiger partial charge is 0.310 e. The predicted octanol–water partition coefficient (Wildman–Crippen LogP) is 4.88. The van der Waals surface area contributed by atoms with E-state index in [1.54, 1.807) is 0 Å². The first-order valence-corrected chi connectivity index (χ1v) is 7.59. The maximum absolute atomic E-state index is 6.17. The summed E-state index contributed by atoms with van der Waals surface area (Å²) in [5.41, 5.74) is 2.76. The molecule has 1 saturated carbocycles. The minimum Gasteiger partial charge on any atom is -0.310 e. The van der Waals surface area contributed by atoms with Gasteiger partial charge in [0.25, 0.3) is 0 Å². The highest BCUT2D eigenvalue weighted by atomic mass is 35.5. The number of nitrogens with one attached hydrogen (secondary N) is 1. The fourth-order valence-electron chi connectivity index (χ4n) is 3.16. The van der Waals surface area contributed by atoms with Gasteiger partial charge >= 0.3 is 0 Å². The Morgan fingerprint density at radius 2 is 2.00 bits per heavy atom. The summed E-state index contributed by atoms with van der Waals surface area (Å²) in [6.45, 7) is 5.40. The van der Waals surface area contributed by atoms with Crippen LogP contribution in [0.25, 0.3) is 0 Å². The molecular weight excluding hydrogens is 242 g/mol. The molecule has 1 aliphatic carbocycles. The Labute approximate surface area is 116 Å². The third-order valence-corrected chi connectivity index (χ3v) is 4.36. The van der Waals surface area contributed by atoms with Crippen LogP contribution in [0.2, 0.25) is 5.02 Å². The molecule has 0 amide bonds. The molecule has 0 heterocycles. The van der Waals surface area contributed by atoms with Gasteiger partial charge in [0.2, 0.25) is 0 Å². The normalized spacial score (nSPS) is 18.8. The first-order chi connectivity index (χ1) is 8.72. The van der Waals surface area contributed by atoms with Gasteiger partial charge in [-0.1, -0.05) is 43.9 Å². The van der Waals surface area contributed by atoms with Gasteiger partial charge in [-0.3, -0.25) is 0 Å². The van der Waals surface area contributed by atoms with Crippen LogP contribution in [0.15, 0.2) is 18.2 Å². The van der Waals surface area contributed by atoms with Crippen LogP contribution < -0.4 is 5.32 Å². The molecule has 1 N–H and O–H groups in total. The highest BCUT2D eigenvalue weighted by Crippen LogP contribution is 2.36. The van der Waals surface area contributed by atoms with E-state index < -0.39 is 0 Å². The van der Waals surface area contributed by atoms with Crippen molar-refractivity contribution < 1.29 is 0 Å². The minimum atomic E-state index is 0.481. The Kier molecular flexibility index (Phi) is 5.08. The van der Waals surface area contributed by atoms with Gasteiger partial charge in [0.1, 0.15) is 0 Å². The molecule has 0 aliphatic heterocycles. The van der Waals surface area contributed by atoms with E-state index in [1.807, 2.05) is 6.07 Å². The summed E-state index contributed by atoms with van der Waals surface area (Å²) in [6, 6.07) is 6.77. The van der Waals surface area contributed by atoms with E-state index in [4.69, 9.17) is 11.6 Å². The zero-order chi connectivity index (χ0) is 13.0. The number of halogens is 1. The molecule has 2 rings (SSSR count). The smallest absolute Gasteiger partial charge is 0.0409 e. The molecule has 0 bridgehead atoms. The lowest BCUT2D eigenvalue weighted by Gasteiger charge is -2.32. The number of aryl methyl sites for hydroxylation is 1. The highest BCUT2D eigenvalue weighted by Gasteiger charge is 2.25. The summed E-state index contributed by atoms with van der Waals surface area (Å²) >= 11 is 6.17. The lowest BCUT2D eigenvalue weighted by Crippen LogP contribution is -2.30. The third kappa shape index (κ3) is 3.27. The van der Waals surface area contributed by atoms with Gasteiger partial charge in [-0.25, -0.2) is 0 Å². The van der Waals surface area contributed by atoms with Crippen LogP contribution in [-0.2, 0) is 0 Å². The van der Waals surface area contributed by atoms with Crippen LogP contribution in [0.3, 0.4) is 0 Å². The lowest BCUT2D eigenvalue weighted by molar-refractivity contribution is 0.274. The van der Waals surface area contributed by atoms with Crippen molar-refractivity contribution in [3.05, 3.63) is 34.3 Å². The zero-order valence-corrected chi connectivity index (χ0v) is 12.3. The molecule has 1 unspecified atom stereocenters. The Hall–Kier alpha value is -0.530. The summed E-state index contributed by atoms with van der Waals surface area (Å²) in [7, 11) is 0. The zero-order valence-electron chi connectivity index (χ0n) is 11.5. The van der Waals surface area contributed by atoms with Crippen molar-refractivity contribution in [2.24, 2.45) is 5.92 Å². The minimum absolute atomic E-state index is 0.481. The van der Waals surface area contributed by atoms with Crippen LogP contribution in [0.5, 0.6) is 0 Å². The van der Waals surface area contributed by atoms with E-state index in [0.29, 0.717) is 6.04 Å². The van der Waals surface area contributed by atoms with E-state index in [2.05, 4.69) is 31.3 Å². The average Bonchev–Trinajstić information content (AvgIpc) is 2.40. The molecule has 100 valence electrons. The van der Waals surface area contributed by atoms with Gasteiger partial charge < -0.3 is 5.32 Å². The predicted molar refractivity (Wildman–Crippen MR) is 79.2 cm³/mol. The van der Waals surface area contributed by atoms with Gasteiger partial charge in [0.05, 0.1) is 0 Å². The molecule has 1 nitrogen and oxygen atoms in total. The number of benzene rings is 1. The van der Waals surface area contributed by atoms with Gasteiger partial charge in [-0.15, -0.1) is 0 Å². The SMILES string of the molecule is CCNC(c1cc(Cl)ccc1C)C1CCCCC1. The Morgan fingerprint density at radius 1 is 1.28 bits per heavy atom. The lowest BCUT2D eigenvalue weighted by atomic mass is 9.80. The van der Waals surface area contributed by atoms with Gasteiger partial charge in [0.15, 0.2) is 0 Å². The van der Waals surface area contributed by atoms with Crippen molar-refractivity contribution in [1.82, 2.24) is 5.32 Å². The fourth-order valence-corrected chi connectivity index (χ4v) is 3.34. The molecule has 0 aromatic heterocycles. The van der Waals surface area contributed by atoms with Gasteiger partial charge in [0, 0.05) is 11.1 Å². The summed E-state index contributed by atoms with van der Waals surface area (Å²) in [4.78, 5) is 0. The van der Waals surface area contributed by atoms with Crippen LogP contribution in [-0.4, -0.2) is 6.54 Å². The van der Waals surface area contributed by atoms with E-state index >= 15 is 0 Å². The molecule has 1 aromatic rings. The van der Waals surface area contributed by atoms with Crippen molar-refractivity contribution in [1.29, 1.82) is 0 Å². The van der Waals surface area contributed by atoms with Crippen LogP contribution in [0.1, 0.15) is 56.2 Å².